The number of hydrogen-bond donors (Lipinski definition) is 1. The summed E-state index contributed by atoms with van der Waals surface area (Å²) in [6, 6.07) is 10.9. The van der Waals surface area contributed by atoms with Gasteiger partial charge in [0, 0.05) is 56.5 Å². The van der Waals surface area contributed by atoms with E-state index < -0.39 is 48.6 Å². The molecular weight excluding hydrogens is 469 g/mol. The van der Waals surface area contributed by atoms with E-state index in [-0.39, 0.29) is 18.7 Å². The molecule has 188 valence electrons. The number of aromatic nitrogens is 2. The first-order chi connectivity index (χ1) is 16.6. The summed E-state index contributed by atoms with van der Waals surface area (Å²) in [6.07, 6.45) is -4.84. The minimum absolute atomic E-state index is 0.0771. The van der Waals surface area contributed by atoms with Crippen LogP contribution in [-0.2, 0) is 20.6 Å². The highest BCUT2D eigenvalue weighted by Gasteiger charge is 2.35. The summed E-state index contributed by atoms with van der Waals surface area (Å²) in [5, 5.41) is 9.15. The van der Waals surface area contributed by atoms with Crippen LogP contribution in [0.15, 0.2) is 42.6 Å². The maximum absolute atomic E-state index is 12.7. The third-order valence-corrected chi connectivity index (χ3v) is 5.49. The van der Waals surface area contributed by atoms with Crippen molar-refractivity contribution >= 4 is 23.2 Å². The molecule has 1 aromatic carbocycles. The fourth-order valence-electron chi connectivity index (χ4n) is 3.72. The van der Waals surface area contributed by atoms with Crippen LogP contribution in [0.1, 0.15) is 18.7 Å². The van der Waals surface area contributed by atoms with Gasteiger partial charge in [0.15, 0.2) is 5.78 Å². The summed E-state index contributed by atoms with van der Waals surface area (Å²) in [5.74, 6) is -5.33. The van der Waals surface area contributed by atoms with Gasteiger partial charge in [0.1, 0.15) is 12.4 Å². The third-order valence-electron chi connectivity index (χ3n) is 5.49. The summed E-state index contributed by atoms with van der Waals surface area (Å²) in [7, 11) is 0. The number of hydrogen-bond acceptors (Lipinski definition) is 8. The number of carbonyl (C=O) groups is 3. The molecule has 1 N–H and O–H groups in total. The number of carboxylic acids is 1. The van der Waals surface area contributed by atoms with Gasteiger partial charge >= 0.3 is 12.1 Å². The van der Waals surface area contributed by atoms with E-state index in [2.05, 4.69) is 14.9 Å². The van der Waals surface area contributed by atoms with Crippen LogP contribution in [0.4, 0.5) is 18.9 Å². The average Bonchev–Trinajstić information content (AvgIpc) is 2.82. The van der Waals surface area contributed by atoms with Crippen molar-refractivity contribution in [2.45, 2.75) is 19.0 Å². The number of benzene rings is 1. The standard InChI is InChI=1S/C23H25F3N4O5/c24-23(25,26)22-27-7-6-20(28-22)35-15-19(32)16(13-21(33)34)12-18(31)14-29-8-10-30(11-9-29)17-4-2-1-3-5-17/h1-7,16H,8-15H2,(H,33,34)/t16-/m0/s1. The van der Waals surface area contributed by atoms with Crippen LogP contribution >= 0.6 is 0 Å². The lowest BCUT2D eigenvalue weighted by atomic mass is 9.94. The van der Waals surface area contributed by atoms with E-state index in [0.717, 1.165) is 31.0 Å². The number of Topliss-reactive ketones (excluding diaryl/α,β-unsaturated/α-hetero) is 2. The van der Waals surface area contributed by atoms with Crippen molar-refractivity contribution in [2.75, 3.05) is 44.2 Å². The van der Waals surface area contributed by atoms with Gasteiger partial charge in [-0.15, -0.1) is 0 Å². The summed E-state index contributed by atoms with van der Waals surface area (Å²) >= 11 is 0. The fourth-order valence-corrected chi connectivity index (χ4v) is 3.72. The number of alkyl halides is 3. The van der Waals surface area contributed by atoms with E-state index in [1.807, 2.05) is 35.2 Å². The second-order valence-corrected chi connectivity index (χ2v) is 8.11. The number of ketones is 2. The first-order valence-electron chi connectivity index (χ1n) is 10.9. The van der Waals surface area contributed by atoms with Gasteiger partial charge < -0.3 is 14.7 Å². The van der Waals surface area contributed by atoms with Gasteiger partial charge in [-0.05, 0) is 12.1 Å². The lowest BCUT2D eigenvalue weighted by Crippen LogP contribution is -2.48. The molecule has 0 amide bonds. The predicted octanol–water partition coefficient (Wildman–Crippen LogP) is 2.32. The SMILES string of the molecule is O=C(O)C[C@H](CC(=O)CN1CCN(c2ccccc2)CC1)C(=O)COc1ccnc(C(F)(F)F)n1. The van der Waals surface area contributed by atoms with Crippen LogP contribution in [0.25, 0.3) is 0 Å². The number of para-hydroxylation sites is 1. The van der Waals surface area contributed by atoms with Crippen molar-refractivity contribution in [1.82, 2.24) is 14.9 Å². The van der Waals surface area contributed by atoms with Crippen LogP contribution in [0, 0.1) is 5.92 Å². The Kier molecular flexibility index (Phi) is 8.74. The smallest absolute Gasteiger partial charge is 0.451 e. The van der Waals surface area contributed by atoms with Gasteiger partial charge in [0.2, 0.25) is 11.7 Å². The van der Waals surface area contributed by atoms with Crippen molar-refractivity contribution in [3.63, 3.8) is 0 Å². The Bertz CT molecular complexity index is 1030. The van der Waals surface area contributed by atoms with Gasteiger partial charge in [-0.2, -0.15) is 18.2 Å². The topological polar surface area (TPSA) is 113 Å². The molecule has 2 aromatic rings. The molecule has 3 rings (SSSR count). The van der Waals surface area contributed by atoms with Crippen LogP contribution < -0.4 is 9.64 Å². The van der Waals surface area contributed by atoms with Crippen LogP contribution in [-0.4, -0.2) is 76.8 Å². The van der Waals surface area contributed by atoms with Crippen molar-refractivity contribution in [1.29, 1.82) is 0 Å². The Hall–Kier alpha value is -3.54. The van der Waals surface area contributed by atoms with E-state index >= 15 is 0 Å². The molecule has 9 nitrogen and oxygen atoms in total. The van der Waals surface area contributed by atoms with E-state index in [9.17, 15) is 27.6 Å². The zero-order valence-corrected chi connectivity index (χ0v) is 18.8. The number of halogens is 3. The molecule has 12 heteroatoms. The molecule has 0 aliphatic carbocycles. The monoisotopic (exact) mass is 494 g/mol. The zero-order chi connectivity index (χ0) is 25.4. The third kappa shape index (κ3) is 8.02. The molecule has 0 saturated carbocycles. The molecule has 1 saturated heterocycles. The van der Waals surface area contributed by atoms with E-state index in [1.165, 1.54) is 0 Å². The minimum atomic E-state index is -4.78. The summed E-state index contributed by atoms with van der Waals surface area (Å²) in [6.45, 7) is 2.08. The van der Waals surface area contributed by atoms with Gasteiger partial charge in [-0.25, -0.2) is 4.98 Å². The molecule has 1 aromatic heterocycles. The van der Waals surface area contributed by atoms with Crippen LogP contribution in [0.3, 0.4) is 0 Å². The Labute approximate surface area is 199 Å². The van der Waals surface area contributed by atoms with Crippen LogP contribution in [0.2, 0.25) is 0 Å². The molecule has 35 heavy (non-hydrogen) atoms. The first-order valence-corrected chi connectivity index (χ1v) is 10.9. The Morgan fingerprint density at radius 2 is 1.71 bits per heavy atom. The zero-order valence-electron chi connectivity index (χ0n) is 18.8. The molecule has 1 fully saturated rings. The minimum Gasteiger partial charge on any atom is -0.481 e. The Morgan fingerprint density at radius 1 is 1.03 bits per heavy atom. The number of carbonyl (C=O) groups excluding carboxylic acids is 2. The maximum Gasteiger partial charge on any atom is 0.451 e. The molecule has 1 aliphatic rings. The average molecular weight is 494 g/mol. The normalized spacial score (nSPS) is 15.5. The summed E-state index contributed by atoms with van der Waals surface area (Å²) < 4.78 is 43.2. The summed E-state index contributed by atoms with van der Waals surface area (Å²) in [4.78, 5) is 46.8. The Morgan fingerprint density at radius 3 is 2.34 bits per heavy atom. The number of aliphatic carboxylic acids is 1. The van der Waals surface area contributed by atoms with E-state index in [4.69, 9.17) is 9.84 Å². The van der Waals surface area contributed by atoms with Gasteiger partial charge in [-0.1, -0.05) is 18.2 Å². The second-order valence-electron chi connectivity index (χ2n) is 8.11. The highest BCUT2D eigenvalue weighted by atomic mass is 19.4. The van der Waals surface area contributed by atoms with E-state index in [1.54, 1.807) is 0 Å². The lowest BCUT2D eigenvalue weighted by Gasteiger charge is -2.35. The maximum atomic E-state index is 12.7. The van der Waals surface area contributed by atoms with Crippen molar-refractivity contribution in [3.8, 4) is 5.88 Å². The molecule has 2 heterocycles. The van der Waals surface area contributed by atoms with Gasteiger partial charge in [0.05, 0.1) is 13.0 Å². The lowest BCUT2D eigenvalue weighted by molar-refractivity contribution is -0.145. The number of carboxylic acid groups (broad SMARTS) is 1. The predicted molar refractivity (Wildman–Crippen MR) is 118 cm³/mol. The number of anilines is 1. The van der Waals surface area contributed by atoms with Gasteiger partial charge in [0.25, 0.3) is 0 Å². The van der Waals surface area contributed by atoms with Crippen molar-refractivity contribution in [2.24, 2.45) is 5.92 Å². The largest absolute Gasteiger partial charge is 0.481 e. The number of ether oxygens (including phenoxy) is 1. The molecule has 0 bridgehead atoms. The molecular formula is C23H25F3N4O5. The fraction of sp³-hybridized carbons (Fsp3) is 0.435. The van der Waals surface area contributed by atoms with Crippen molar-refractivity contribution < 1.29 is 37.4 Å². The van der Waals surface area contributed by atoms with E-state index in [0.29, 0.717) is 13.1 Å². The van der Waals surface area contributed by atoms with Crippen molar-refractivity contribution in [3.05, 3.63) is 48.4 Å². The van der Waals surface area contributed by atoms with Gasteiger partial charge in [-0.3, -0.25) is 19.3 Å². The van der Waals surface area contributed by atoms with Crippen LogP contribution in [0.5, 0.6) is 5.88 Å². The highest BCUT2D eigenvalue weighted by molar-refractivity contribution is 5.91. The first kappa shape index (κ1) is 26.1. The summed E-state index contributed by atoms with van der Waals surface area (Å²) in [5.41, 5.74) is 1.09. The number of nitrogens with zero attached hydrogens (tertiary/aromatic N) is 4. The Balaban J connectivity index is 1.51. The molecule has 1 atom stereocenters. The second kappa shape index (κ2) is 11.7. The quantitative estimate of drug-likeness (QED) is 0.503. The highest BCUT2D eigenvalue weighted by Crippen LogP contribution is 2.26. The number of rotatable bonds is 11. The molecule has 0 spiro atoms. The molecule has 0 radical (unpaired) electrons. The molecule has 0 unspecified atom stereocenters. The number of piperazine rings is 1. The molecule has 1 aliphatic heterocycles.